The van der Waals surface area contributed by atoms with Crippen LogP contribution in [-0.2, 0) is 6.42 Å². The maximum Gasteiger partial charge on any atom is 0.323 e. The molecular weight excluding hydrogens is 300 g/mol. The van der Waals surface area contributed by atoms with Gasteiger partial charge in [-0.1, -0.05) is 13.0 Å². The number of para-hydroxylation sites is 1. The summed E-state index contributed by atoms with van der Waals surface area (Å²) in [4.78, 5) is 34.2. The summed E-state index contributed by atoms with van der Waals surface area (Å²) in [6.45, 7) is 3.92. The zero-order chi connectivity index (χ0) is 15.7. The quantitative estimate of drug-likeness (QED) is 0.691. The molecule has 2 heterocycles. The van der Waals surface area contributed by atoms with Crippen LogP contribution in [-0.4, -0.2) is 20.9 Å². The van der Waals surface area contributed by atoms with E-state index in [1.807, 2.05) is 6.92 Å². The van der Waals surface area contributed by atoms with Crippen molar-refractivity contribution >= 4 is 34.0 Å². The summed E-state index contributed by atoms with van der Waals surface area (Å²) in [6, 6.07) is 5.32. The molecule has 0 bridgehead atoms. The van der Waals surface area contributed by atoms with Gasteiger partial charge in [-0.2, -0.15) is 0 Å². The highest BCUT2D eigenvalue weighted by Crippen LogP contribution is 2.23. The Morgan fingerprint density at radius 2 is 2.18 bits per heavy atom. The number of aromatic amines is 2. The third-order valence-electron chi connectivity index (χ3n) is 3.31. The fraction of sp³-hybridized carbons (Fsp3) is 0.267. The zero-order valence-electron chi connectivity index (χ0n) is 12.3. The molecule has 0 atom stereocenters. The van der Waals surface area contributed by atoms with Crippen LogP contribution in [0, 0.1) is 6.92 Å². The number of thiazole rings is 1. The molecule has 0 aliphatic carbocycles. The topological polar surface area (TPSA) is 90.6 Å². The van der Waals surface area contributed by atoms with Crippen molar-refractivity contribution in [2.75, 3.05) is 5.32 Å². The lowest BCUT2D eigenvalue weighted by molar-refractivity contribution is 0.103. The Balaban J connectivity index is 1.91. The monoisotopic (exact) mass is 316 g/mol. The van der Waals surface area contributed by atoms with Gasteiger partial charge in [0.2, 0.25) is 0 Å². The number of nitrogens with one attached hydrogen (secondary N) is 3. The van der Waals surface area contributed by atoms with E-state index >= 15 is 0 Å². The lowest BCUT2D eigenvalue weighted by atomic mass is 10.2. The number of aryl methyl sites for hydroxylation is 2. The number of amides is 1. The minimum absolute atomic E-state index is 0.202. The second kappa shape index (κ2) is 5.76. The number of fused-ring (bicyclic) bond motifs is 1. The van der Waals surface area contributed by atoms with Crippen molar-refractivity contribution in [3.05, 3.63) is 44.3 Å². The number of H-pyrrole nitrogens is 2. The molecule has 0 aliphatic rings. The first-order chi connectivity index (χ1) is 10.6. The van der Waals surface area contributed by atoms with Gasteiger partial charge in [-0.25, -0.2) is 9.78 Å². The van der Waals surface area contributed by atoms with E-state index in [1.165, 1.54) is 11.3 Å². The van der Waals surface area contributed by atoms with Crippen molar-refractivity contribution in [1.29, 1.82) is 0 Å². The molecule has 0 saturated carbocycles. The van der Waals surface area contributed by atoms with Crippen molar-refractivity contribution in [3.63, 3.8) is 0 Å². The number of carbonyl (C=O) groups excluding carboxylic acids is 1. The maximum absolute atomic E-state index is 12.5. The predicted octanol–water partition coefficient (Wildman–Crippen LogP) is 2.83. The van der Waals surface area contributed by atoms with E-state index in [2.05, 4.69) is 27.2 Å². The molecule has 3 aromatic rings. The average molecular weight is 316 g/mol. The summed E-state index contributed by atoms with van der Waals surface area (Å²) >= 11 is 1.42. The van der Waals surface area contributed by atoms with E-state index in [-0.39, 0.29) is 11.6 Å². The van der Waals surface area contributed by atoms with Crippen molar-refractivity contribution in [2.45, 2.75) is 26.7 Å². The molecule has 3 N–H and O–H groups in total. The van der Waals surface area contributed by atoms with E-state index < -0.39 is 0 Å². The summed E-state index contributed by atoms with van der Waals surface area (Å²) in [7, 11) is 0. The second-order valence-electron chi connectivity index (χ2n) is 5.03. The van der Waals surface area contributed by atoms with Gasteiger partial charge in [0.1, 0.15) is 4.88 Å². The van der Waals surface area contributed by atoms with Gasteiger partial charge in [0, 0.05) is 0 Å². The molecule has 114 valence electrons. The summed E-state index contributed by atoms with van der Waals surface area (Å²) in [5, 5.41) is 3.82. The highest BCUT2D eigenvalue weighted by molar-refractivity contribution is 7.13. The Hall–Kier alpha value is -2.41. The number of rotatable bonds is 4. The SMILES string of the molecule is CCCc1nc(C)c(C(=O)Nc2cccc3[nH]c(=O)[nH]c23)s1. The van der Waals surface area contributed by atoms with Crippen LogP contribution in [0.5, 0.6) is 0 Å². The normalized spacial score (nSPS) is 11.0. The summed E-state index contributed by atoms with van der Waals surface area (Å²) in [5.41, 5.74) is 2.27. The number of benzene rings is 1. The summed E-state index contributed by atoms with van der Waals surface area (Å²) in [5.74, 6) is -0.202. The van der Waals surface area contributed by atoms with Crippen LogP contribution in [0.3, 0.4) is 0 Å². The van der Waals surface area contributed by atoms with Crippen molar-refractivity contribution in [1.82, 2.24) is 15.0 Å². The highest BCUT2D eigenvalue weighted by Gasteiger charge is 2.16. The van der Waals surface area contributed by atoms with Crippen LogP contribution in [0.25, 0.3) is 11.0 Å². The number of nitrogens with zero attached hydrogens (tertiary/aromatic N) is 1. The minimum Gasteiger partial charge on any atom is -0.319 e. The molecule has 7 heteroatoms. The zero-order valence-corrected chi connectivity index (χ0v) is 13.1. The van der Waals surface area contributed by atoms with E-state index in [0.29, 0.717) is 21.6 Å². The molecule has 0 unspecified atom stereocenters. The number of carbonyl (C=O) groups is 1. The lowest BCUT2D eigenvalue weighted by Gasteiger charge is -2.05. The molecule has 0 aliphatic heterocycles. The minimum atomic E-state index is -0.295. The summed E-state index contributed by atoms with van der Waals surface area (Å²) < 4.78 is 0. The van der Waals surface area contributed by atoms with Crippen LogP contribution in [0.15, 0.2) is 23.0 Å². The van der Waals surface area contributed by atoms with E-state index in [9.17, 15) is 9.59 Å². The number of anilines is 1. The Labute approximate surface area is 130 Å². The highest BCUT2D eigenvalue weighted by atomic mass is 32.1. The van der Waals surface area contributed by atoms with Gasteiger partial charge in [-0.05, 0) is 31.9 Å². The first-order valence-electron chi connectivity index (χ1n) is 7.07. The number of imidazole rings is 1. The van der Waals surface area contributed by atoms with Gasteiger partial charge in [0.05, 0.1) is 27.4 Å². The molecule has 0 radical (unpaired) electrons. The van der Waals surface area contributed by atoms with E-state index in [1.54, 1.807) is 18.2 Å². The summed E-state index contributed by atoms with van der Waals surface area (Å²) in [6.07, 6.45) is 1.87. The van der Waals surface area contributed by atoms with Crippen LogP contribution < -0.4 is 11.0 Å². The van der Waals surface area contributed by atoms with Gasteiger partial charge >= 0.3 is 5.69 Å². The number of aromatic nitrogens is 3. The van der Waals surface area contributed by atoms with Gasteiger partial charge in [-0.15, -0.1) is 11.3 Å². The Morgan fingerprint density at radius 1 is 1.36 bits per heavy atom. The van der Waals surface area contributed by atoms with E-state index in [4.69, 9.17) is 0 Å². The number of hydrogen-bond acceptors (Lipinski definition) is 4. The van der Waals surface area contributed by atoms with Gasteiger partial charge in [-0.3, -0.25) is 4.79 Å². The van der Waals surface area contributed by atoms with Crippen LogP contribution in [0.1, 0.15) is 33.7 Å². The third-order valence-corrected chi connectivity index (χ3v) is 4.53. The largest absolute Gasteiger partial charge is 0.323 e. The fourth-order valence-electron chi connectivity index (χ4n) is 2.33. The second-order valence-corrected chi connectivity index (χ2v) is 6.12. The number of hydrogen-bond donors (Lipinski definition) is 3. The molecule has 0 saturated heterocycles. The molecule has 0 spiro atoms. The first kappa shape index (κ1) is 14.5. The Bertz CT molecular complexity index is 890. The molecule has 0 fully saturated rings. The fourth-order valence-corrected chi connectivity index (χ4v) is 3.39. The van der Waals surface area contributed by atoms with Gasteiger partial charge in [0.25, 0.3) is 5.91 Å². The molecule has 6 nitrogen and oxygen atoms in total. The first-order valence-corrected chi connectivity index (χ1v) is 7.88. The molecule has 3 rings (SSSR count). The molecule has 1 aromatic carbocycles. The lowest BCUT2D eigenvalue weighted by Crippen LogP contribution is -2.12. The Morgan fingerprint density at radius 3 is 2.95 bits per heavy atom. The van der Waals surface area contributed by atoms with Crippen LogP contribution >= 0.6 is 11.3 Å². The van der Waals surface area contributed by atoms with Gasteiger partial charge < -0.3 is 15.3 Å². The smallest absolute Gasteiger partial charge is 0.319 e. The van der Waals surface area contributed by atoms with Crippen LogP contribution in [0.2, 0.25) is 0 Å². The Kier molecular flexibility index (Phi) is 3.81. The van der Waals surface area contributed by atoms with Crippen molar-refractivity contribution < 1.29 is 4.79 Å². The van der Waals surface area contributed by atoms with E-state index in [0.717, 1.165) is 23.5 Å². The molecular formula is C15H16N4O2S. The third kappa shape index (κ3) is 2.67. The van der Waals surface area contributed by atoms with Crippen molar-refractivity contribution in [2.24, 2.45) is 0 Å². The maximum atomic E-state index is 12.5. The molecule has 22 heavy (non-hydrogen) atoms. The molecule has 1 amide bonds. The standard InChI is InChI=1S/C15H16N4O2S/c1-3-5-11-16-8(2)13(22-11)14(20)17-9-6-4-7-10-12(9)19-15(21)18-10/h4,6-7H,3,5H2,1-2H3,(H,17,20)(H2,18,19,21). The van der Waals surface area contributed by atoms with Crippen molar-refractivity contribution in [3.8, 4) is 0 Å². The van der Waals surface area contributed by atoms with Gasteiger partial charge in [0.15, 0.2) is 0 Å². The average Bonchev–Trinajstić information content (AvgIpc) is 3.02. The predicted molar refractivity (Wildman–Crippen MR) is 87.7 cm³/mol. The molecule has 2 aromatic heterocycles. The van der Waals surface area contributed by atoms with Crippen LogP contribution in [0.4, 0.5) is 5.69 Å².